The van der Waals surface area contributed by atoms with Crippen LogP contribution in [0.2, 0.25) is 0 Å². The van der Waals surface area contributed by atoms with E-state index in [9.17, 15) is 5.11 Å². The Bertz CT molecular complexity index is 546. The molecule has 19 heavy (non-hydrogen) atoms. The molecule has 0 aliphatic rings. The second kappa shape index (κ2) is 6.53. The van der Waals surface area contributed by atoms with Crippen LogP contribution >= 0.6 is 0 Å². The van der Waals surface area contributed by atoms with E-state index in [-0.39, 0.29) is 12.6 Å². The third-order valence-electron chi connectivity index (χ3n) is 2.79. The Morgan fingerprint density at radius 3 is 2.58 bits per heavy atom. The number of hydrogen-bond acceptors (Lipinski definition) is 4. The van der Waals surface area contributed by atoms with Crippen molar-refractivity contribution in [2.75, 3.05) is 11.9 Å². The van der Waals surface area contributed by atoms with Crippen LogP contribution < -0.4 is 5.32 Å². The van der Waals surface area contributed by atoms with Crippen molar-refractivity contribution < 1.29 is 5.11 Å². The molecule has 0 aliphatic carbocycles. The number of anilines is 1. The van der Waals surface area contributed by atoms with Crippen LogP contribution in [0.25, 0.3) is 0 Å². The van der Waals surface area contributed by atoms with Gasteiger partial charge in [-0.3, -0.25) is 0 Å². The molecule has 2 aromatic rings. The molecule has 4 heteroatoms. The average Bonchev–Trinajstić information content (AvgIpc) is 2.48. The van der Waals surface area contributed by atoms with Crippen molar-refractivity contribution in [3.8, 4) is 6.07 Å². The number of nitrogens with one attached hydrogen (secondary N) is 1. The second-order valence-corrected chi connectivity index (χ2v) is 4.26. The molecule has 1 aromatic carbocycles. The summed E-state index contributed by atoms with van der Waals surface area (Å²) in [6.07, 6.45) is 2.23. The Hall–Kier alpha value is -2.38. The third kappa shape index (κ3) is 3.80. The molecule has 0 saturated heterocycles. The van der Waals surface area contributed by atoms with E-state index in [1.165, 1.54) is 6.20 Å². The van der Waals surface area contributed by atoms with E-state index >= 15 is 0 Å². The molecule has 0 amide bonds. The van der Waals surface area contributed by atoms with Gasteiger partial charge in [0.25, 0.3) is 0 Å². The lowest BCUT2D eigenvalue weighted by atomic mass is 10.1. The molecule has 0 radical (unpaired) electrons. The first-order valence-electron chi connectivity index (χ1n) is 6.09. The number of rotatable bonds is 5. The van der Waals surface area contributed by atoms with E-state index in [4.69, 9.17) is 5.26 Å². The summed E-state index contributed by atoms with van der Waals surface area (Å²) in [6.45, 7) is 0.0244. The third-order valence-corrected chi connectivity index (χ3v) is 2.79. The molecule has 0 aliphatic heterocycles. The van der Waals surface area contributed by atoms with Crippen LogP contribution in [-0.2, 0) is 6.42 Å². The maximum absolute atomic E-state index is 9.41. The highest BCUT2D eigenvalue weighted by Gasteiger charge is 2.08. The van der Waals surface area contributed by atoms with E-state index in [2.05, 4.69) is 10.3 Å². The molecular formula is C15H15N3O. The van der Waals surface area contributed by atoms with Gasteiger partial charge in [0.05, 0.1) is 18.2 Å². The SMILES string of the molecule is N#Cc1ccc(NC(CO)Cc2ccccc2)nc1. The van der Waals surface area contributed by atoms with Crippen molar-refractivity contribution in [1.29, 1.82) is 5.26 Å². The van der Waals surface area contributed by atoms with Gasteiger partial charge in [-0.25, -0.2) is 4.98 Å². The van der Waals surface area contributed by atoms with E-state index in [0.717, 1.165) is 12.0 Å². The predicted octanol–water partition coefficient (Wildman–Crippen LogP) is 1.97. The van der Waals surface area contributed by atoms with Crippen LogP contribution in [0.15, 0.2) is 48.7 Å². The number of hydrogen-bond donors (Lipinski definition) is 2. The summed E-state index contributed by atoms with van der Waals surface area (Å²) in [5.74, 6) is 0.661. The molecule has 1 unspecified atom stereocenters. The fraction of sp³-hybridized carbons (Fsp3) is 0.200. The van der Waals surface area contributed by atoms with Gasteiger partial charge in [-0.15, -0.1) is 0 Å². The fourth-order valence-electron chi connectivity index (χ4n) is 1.81. The molecule has 0 spiro atoms. The molecule has 4 nitrogen and oxygen atoms in total. The second-order valence-electron chi connectivity index (χ2n) is 4.26. The zero-order valence-electron chi connectivity index (χ0n) is 10.5. The van der Waals surface area contributed by atoms with Gasteiger partial charge in [0.1, 0.15) is 11.9 Å². The number of aliphatic hydroxyl groups is 1. The molecule has 2 rings (SSSR count). The first-order valence-corrected chi connectivity index (χ1v) is 6.09. The van der Waals surface area contributed by atoms with Crippen molar-refractivity contribution in [3.05, 3.63) is 59.8 Å². The Morgan fingerprint density at radius 1 is 1.21 bits per heavy atom. The van der Waals surface area contributed by atoms with Crippen LogP contribution in [-0.4, -0.2) is 22.7 Å². The van der Waals surface area contributed by atoms with Crippen molar-refractivity contribution in [2.24, 2.45) is 0 Å². The van der Waals surface area contributed by atoms with Crippen molar-refractivity contribution in [3.63, 3.8) is 0 Å². The standard InChI is InChI=1S/C15H15N3O/c16-9-13-6-7-15(17-10-13)18-14(11-19)8-12-4-2-1-3-5-12/h1-7,10,14,19H,8,11H2,(H,17,18). The Labute approximate surface area is 112 Å². The van der Waals surface area contributed by atoms with Gasteiger partial charge < -0.3 is 10.4 Å². The highest BCUT2D eigenvalue weighted by molar-refractivity contribution is 5.40. The van der Waals surface area contributed by atoms with Crippen LogP contribution in [0.5, 0.6) is 0 Å². The summed E-state index contributed by atoms with van der Waals surface area (Å²) in [5.41, 5.74) is 1.68. The number of aliphatic hydroxyl groups excluding tert-OH is 1. The van der Waals surface area contributed by atoms with Gasteiger partial charge in [0, 0.05) is 6.20 Å². The van der Waals surface area contributed by atoms with Gasteiger partial charge in [-0.05, 0) is 24.1 Å². The summed E-state index contributed by atoms with van der Waals surface area (Å²) in [5, 5.41) is 21.3. The molecule has 2 N–H and O–H groups in total. The first kappa shape index (κ1) is 13.1. The minimum Gasteiger partial charge on any atom is -0.394 e. The van der Waals surface area contributed by atoms with Crippen LogP contribution in [0, 0.1) is 11.3 Å². The molecule has 1 heterocycles. The van der Waals surface area contributed by atoms with Crippen LogP contribution in [0.1, 0.15) is 11.1 Å². The monoisotopic (exact) mass is 253 g/mol. The fourth-order valence-corrected chi connectivity index (χ4v) is 1.81. The van der Waals surface area contributed by atoms with Gasteiger partial charge >= 0.3 is 0 Å². The zero-order chi connectivity index (χ0) is 13.5. The average molecular weight is 253 g/mol. The minimum absolute atomic E-state index is 0.0244. The van der Waals surface area contributed by atoms with E-state index in [1.807, 2.05) is 36.4 Å². The topological polar surface area (TPSA) is 68.9 Å². The maximum Gasteiger partial charge on any atom is 0.126 e. The van der Waals surface area contributed by atoms with Crippen LogP contribution in [0.4, 0.5) is 5.82 Å². The lowest BCUT2D eigenvalue weighted by Gasteiger charge is -2.16. The Morgan fingerprint density at radius 2 is 2.00 bits per heavy atom. The van der Waals surface area contributed by atoms with Crippen molar-refractivity contribution in [2.45, 2.75) is 12.5 Å². The summed E-state index contributed by atoms with van der Waals surface area (Å²) >= 11 is 0. The number of aromatic nitrogens is 1. The summed E-state index contributed by atoms with van der Waals surface area (Å²) in [7, 11) is 0. The van der Waals surface area contributed by atoms with Crippen molar-refractivity contribution >= 4 is 5.82 Å². The number of pyridine rings is 1. The summed E-state index contributed by atoms with van der Waals surface area (Å²) < 4.78 is 0. The van der Waals surface area contributed by atoms with E-state index in [1.54, 1.807) is 12.1 Å². The van der Waals surface area contributed by atoms with Gasteiger partial charge in [0.2, 0.25) is 0 Å². The number of benzene rings is 1. The summed E-state index contributed by atoms with van der Waals surface area (Å²) in [4.78, 5) is 4.13. The molecule has 1 atom stereocenters. The molecule has 0 saturated carbocycles. The molecule has 0 fully saturated rings. The maximum atomic E-state index is 9.41. The van der Waals surface area contributed by atoms with E-state index < -0.39 is 0 Å². The smallest absolute Gasteiger partial charge is 0.126 e. The first-order chi connectivity index (χ1) is 9.31. The van der Waals surface area contributed by atoms with Gasteiger partial charge in [-0.1, -0.05) is 30.3 Å². The largest absolute Gasteiger partial charge is 0.394 e. The molecule has 96 valence electrons. The lowest BCUT2D eigenvalue weighted by Crippen LogP contribution is -2.26. The number of nitrogens with zero attached hydrogens (tertiary/aromatic N) is 2. The molecule has 1 aromatic heterocycles. The Kier molecular flexibility index (Phi) is 4.49. The highest BCUT2D eigenvalue weighted by Crippen LogP contribution is 2.09. The summed E-state index contributed by atoms with van der Waals surface area (Å²) in [6, 6.07) is 15.3. The van der Waals surface area contributed by atoms with Crippen molar-refractivity contribution in [1.82, 2.24) is 4.98 Å². The zero-order valence-corrected chi connectivity index (χ0v) is 10.5. The number of nitriles is 1. The quantitative estimate of drug-likeness (QED) is 0.854. The Balaban J connectivity index is 2.00. The van der Waals surface area contributed by atoms with Gasteiger partial charge in [0.15, 0.2) is 0 Å². The molecule has 0 bridgehead atoms. The van der Waals surface area contributed by atoms with E-state index in [0.29, 0.717) is 11.4 Å². The minimum atomic E-state index is -0.0946. The van der Waals surface area contributed by atoms with Crippen LogP contribution in [0.3, 0.4) is 0 Å². The van der Waals surface area contributed by atoms with Gasteiger partial charge in [-0.2, -0.15) is 5.26 Å². The normalized spacial score (nSPS) is 11.6. The lowest BCUT2D eigenvalue weighted by molar-refractivity contribution is 0.273. The molecular weight excluding hydrogens is 238 g/mol. The predicted molar refractivity (Wildman–Crippen MR) is 73.6 cm³/mol. The highest BCUT2D eigenvalue weighted by atomic mass is 16.3.